The standard InChI is InChI=1S/C13H23N3/c1-3-16-13(11-6-4-5-7-11)12(10-15-16)8-9-14-2/h10-11,14H,3-9H2,1-2H3. The summed E-state index contributed by atoms with van der Waals surface area (Å²) >= 11 is 0. The van der Waals surface area contributed by atoms with E-state index >= 15 is 0 Å². The van der Waals surface area contributed by atoms with Crippen LogP contribution in [0.5, 0.6) is 0 Å². The van der Waals surface area contributed by atoms with E-state index in [4.69, 9.17) is 0 Å². The molecule has 0 spiro atoms. The molecule has 0 unspecified atom stereocenters. The van der Waals surface area contributed by atoms with Crippen molar-refractivity contribution in [3.8, 4) is 0 Å². The van der Waals surface area contributed by atoms with E-state index in [0.29, 0.717) is 0 Å². The van der Waals surface area contributed by atoms with Crippen LogP contribution in [0.15, 0.2) is 6.20 Å². The van der Waals surface area contributed by atoms with Gasteiger partial charge in [-0.2, -0.15) is 5.10 Å². The van der Waals surface area contributed by atoms with Gasteiger partial charge in [0, 0.05) is 18.2 Å². The van der Waals surface area contributed by atoms with Crippen LogP contribution in [0.4, 0.5) is 0 Å². The Morgan fingerprint density at radius 2 is 2.19 bits per heavy atom. The van der Waals surface area contributed by atoms with Gasteiger partial charge < -0.3 is 5.32 Å². The van der Waals surface area contributed by atoms with Crippen molar-refractivity contribution in [2.45, 2.75) is 51.5 Å². The van der Waals surface area contributed by atoms with Crippen LogP contribution in [-0.2, 0) is 13.0 Å². The number of aromatic nitrogens is 2. The summed E-state index contributed by atoms with van der Waals surface area (Å²) in [5.74, 6) is 0.773. The quantitative estimate of drug-likeness (QED) is 0.827. The van der Waals surface area contributed by atoms with Crippen molar-refractivity contribution < 1.29 is 0 Å². The van der Waals surface area contributed by atoms with Gasteiger partial charge in [0.15, 0.2) is 0 Å². The van der Waals surface area contributed by atoms with E-state index in [1.807, 2.05) is 7.05 Å². The van der Waals surface area contributed by atoms with Crippen LogP contribution < -0.4 is 5.32 Å². The molecule has 1 heterocycles. The Morgan fingerprint density at radius 3 is 2.81 bits per heavy atom. The molecule has 1 fully saturated rings. The fraction of sp³-hybridized carbons (Fsp3) is 0.769. The minimum absolute atomic E-state index is 0.773. The van der Waals surface area contributed by atoms with Crippen LogP contribution in [-0.4, -0.2) is 23.4 Å². The summed E-state index contributed by atoms with van der Waals surface area (Å²) in [5, 5.41) is 7.75. The first-order chi connectivity index (χ1) is 7.86. The Labute approximate surface area is 98.2 Å². The first-order valence-electron chi connectivity index (χ1n) is 6.56. The summed E-state index contributed by atoms with van der Waals surface area (Å²) in [7, 11) is 2.01. The highest BCUT2D eigenvalue weighted by Crippen LogP contribution is 2.35. The van der Waals surface area contributed by atoms with Crippen molar-refractivity contribution in [3.05, 3.63) is 17.5 Å². The number of hydrogen-bond acceptors (Lipinski definition) is 2. The van der Waals surface area contributed by atoms with Crippen LogP contribution in [0.25, 0.3) is 0 Å². The molecule has 16 heavy (non-hydrogen) atoms. The Balaban J connectivity index is 2.19. The molecule has 1 aromatic heterocycles. The number of hydrogen-bond donors (Lipinski definition) is 1. The van der Waals surface area contributed by atoms with Crippen LogP contribution in [0.3, 0.4) is 0 Å². The van der Waals surface area contributed by atoms with E-state index in [1.54, 1.807) is 0 Å². The van der Waals surface area contributed by atoms with Gasteiger partial charge in [-0.3, -0.25) is 4.68 Å². The normalized spacial score (nSPS) is 17.1. The second-order valence-electron chi connectivity index (χ2n) is 4.71. The summed E-state index contributed by atoms with van der Waals surface area (Å²) in [6.07, 6.45) is 8.70. The Morgan fingerprint density at radius 1 is 1.44 bits per heavy atom. The smallest absolute Gasteiger partial charge is 0.0525 e. The van der Waals surface area contributed by atoms with Crippen molar-refractivity contribution in [2.75, 3.05) is 13.6 Å². The van der Waals surface area contributed by atoms with Crippen LogP contribution in [0.2, 0.25) is 0 Å². The fourth-order valence-corrected chi connectivity index (χ4v) is 2.81. The third-order valence-electron chi connectivity index (χ3n) is 3.65. The number of aryl methyl sites for hydroxylation is 1. The summed E-state index contributed by atoms with van der Waals surface area (Å²) < 4.78 is 2.21. The van der Waals surface area contributed by atoms with Gasteiger partial charge in [-0.05, 0) is 45.3 Å². The average molecular weight is 221 g/mol. The third-order valence-corrected chi connectivity index (χ3v) is 3.65. The topological polar surface area (TPSA) is 29.9 Å². The molecule has 0 amide bonds. The van der Waals surface area contributed by atoms with Gasteiger partial charge in [-0.15, -0.1) is 0 Å². The van der Waals surface area contributed by atoms with Gasteiger partial charge in [0.25, 0.3) is 0 Å². The number of nitrogens with zero attached hydrogens (tertiary/aromatic N) is 2. The lowest BCUT2D eigenvalue weighted by atomic mass is 9.98. The first-order valence-corrected chi connectivity index (χ1v) is 6.56. The Hall–Kier alpha value is -0.830. The molecule has 0 atom stereocenters. The minimum atomic E-state index is 0.773. The van der Waals surface area contributed by atoms with E-state index in [1.165, 1.54) is 36.9 Å². The van der Waals surface area contributed by atoms with E-state index in [9.17, 15) is 0 Å². The lowest BCUT2D eigenvalue weighted by molar-refractivity contribution is 0.563. The molecule has 90 valence electrons. The van der Waals surface area contributed by atoms with Crippen molar-refractivity contribution in [1.29, 1.82) is 0 Å². The molecule has 1 aliphatic rings. The molecule has 0 saturated heterocycles. The highest BCUT2D eigenvalue weighted by Gasteiger charge is 2.23. The van der Waals surface area contributed by atoms with Crippen LogP contribution >= 0.6 is 0 Å². The number of nitrogens with one attached hydrogen (secondary N) is 1. The van der Waals surface area contributed by atoms with Gasteiger partial charge in [-0.25, -0.2) is 0 Å². The van der Waals surface area contributed by atoms with Gasteiger partial charge >= 0.3 is 0 Å². The molecular weight excluding hydrogens is 198 g/mol. The maximum atomic E-state index is 4.52. The molecule has 0 radical (unpaired) electrons. The van der Waals surface area contributed by atoms with Gasteiger partial charge in [0.05, 0.1) is 6.20 Å². The second kappa shape index (κ2) is 5.48. The lowest BCUT2D eigenvalue weighted by Crippen LogP contribution is -2.13. The maximum Gasteiger partial charge on any atom is 0.0525 e. The summed E-state index contributed by atoms with van der Waals surface area (Å²) in [5.41, 5.74) is 2.98. The molecule has 0 aliphatic heterocycles. The first kappa shape index (κ1) is 11.6. The van der Waals surface area contributed by atoms with Crippen LogP contribution in [0, 0.1) is 0 Å². The monoisotopic (exact) mass is 221 g/mol. The Kier molecular flexibility index (Phi) is 3.99. The molecule has 3 nitrogen and oxygen atoms in total. The van der Waals surface area contributed by atoms with Gasteiger partial charge in [0.1, 0.15) is 0 Å². The lowest BCUT2D eigenvalue weighted by Gasteiger charge is -2.14. The van der Waals surface area contributed by atoms with Crippen LogP contribution in [0.1, 0.15) is 49.8 Å². The van der Waals surface area contributed by atoms with E-state index in [2.05, 4.69) is 28.2 Å². The second-order valence-corrected chi connectivity index (χ2v) is 4.71. The zero-order valence-corrected chi connectivity index (χ0v) is 10.5. The zero-order valence-electron chi connectivity index (χ0n) is 10.5. The largest absolute Gasteiger partial charge is 0.319 e. The van der Waals surface area contributed by atoms with E-state index in [0.717, 1.165) is 25.4 Å². The third kappa shape index (κ3) is 2.29. The van der Waals surface area contributed by atoms with E-state index < -0.39 is 0 Å². The Bertz CT molecular complexity index is 324. The molecule has 1 aliphatic carbocycles. The molecule has 3 heteroatoms. The predicted octanol–water partition coefficient (Wildman–Crippen LogP) is 2.32. The zero-order chi connectivity index (χ0) is 11.4. The summed E-state index contributed by atoms with van der Waals surface area (Å²) in [4.78, 5) is 0. The molecule has 0 aromatic carbocycles. The maximum absolute atomic E-state index is 4.52. The van der Waals surface area contributed by atoms with Crippen molar-refractivity contribution in [2.24, 2.45) is 0 Å². The SMILES string of the molecule is CCn1ncc(CCNC)c1C1CCCC1. The molecule has 1 N–H and O–H groups in total. The summed E-state index contributed by atoms with van der Waals surface area (Å²) in [6.45, 7) is 4.24. The molecule has 1 saturated carbocycles. The van der Waals surface area contributed by atoms with Crippen molar-refractivity contribution in [1.82, 2.24) is 15.1 Å². The van der Waals surface area contributed by atoms with Crippen molar-refractivity contribution in [3.63, 3.8) is 0 Å². The fourth-order valence-electron chi connectivity index (χ4n) is 2.81. The highest BCUT2D eigenvalue weighted by molar-refractivity contribution is 5.23. The highest BCUT2D eigenvalue weighted by atomic mass is 15.3. The van der Waals surface area contributed by atoms with Gasteiger partial charge in [-0.1, -0.05) is 12.8 Å². The predicted molar refractivity (Wildman–Crippen MR) is 66.7 cm³/mol. The molecule has 1 aromatic rings. The number of likely N-dealkylation sites (N-methyl/N-ethyl adjacent to an activating group) is 1. The minimum Gasteiger partial charge on any atom is -0.319 e. The molecule has 2 rings (SSSR count). The number of rotatable bonds is 5. The van der Waals surface area contributed by atoms with Crippen molar-refractivity contribution >= 4 is 0 Å². The van der Waals surface area contributed by atoms with Gasteiger partial charge in [0.2, 0.25) is 0 Å². The molecular formula is C13H23N3. The summed E-state index contributed by atoms with van der Waals surface area (Å²) in [6, 6.07) is 0. The molecule has 0 bridgehead atoms. The average Bonchev–Trinajstić information content (AvgIpc) is 2.94. The van der Waals surface area contributed by atoms with E-state index in [-0.39, 0.29) is 0 Å².